The molecule has 2 aromatic rings. The number of halogens is 1. The van der Waals surface area contributed by atoms with Gasteiger partial charge in [-0.1, -0.05) is 0 Å². The number of hydrogen-bond donors (Lipinski definition) is 3. The maximum atomic E-state index is 13.3. The third-order valence-electron chi connectivity index (χ3n) is 2.56. The lowest BCUT2D eigenvalue weighted by atomic mass is 10.1. The third-order valence-corrected chi connectivity index (χ3v) is 2.56. The smallest absolute Gasteiger partial charge is 0.261 e. The van der Waals surface area contributed by atoms with E-state index in [1.807, 2.05) is 0 Å². The number of aromatic nitrogens is 1. The lowest BCUT2D eigenvalue weighted by molar-refractivity contribution is 0.0992. The van der Waals surface area contributed by atoms with Crippen molar-refractivity contribution in [3.63, 3.8) is 0 Å². The number of benzene rings is 1. The average molecular weight is 275 g/mol. The predicted molar refractivity (Wildman–Crippen MR) is 69.9 cm³/mol. The molecule has 0 spiro atoms. The van der Waals surface area contributed by atoms with Crippen molar-refractivity contribution < 1.29 is 14.0 Å². The van der Waals surface area contributed by atoms with Crippen LogP contribution in [0.1, 0.15) is 20.7 Å². The van der Waals surface area contributed by atoms with Crippen LogP contribution < -0.4 is 16.5 Å². The molecule has 0 saturated carbocycles. The zero-order valence-corrected chi connectivity index (χ0v) is 10.1. The Kier molecular flexibility index (Phi) is 3.60. The molecule has 0 aliphatic rings. The van der Waals surface area contributed by atoms with Crippen molar-refractivity contribution in [1.82, 2.24) is 4.98 Å². The average Bonchev–Trinajstić information content (AvgIpc) is 2.41. The van der Waals surface area contributed by atoms with Crippen LogP contribution in [0.25, 0.3) is 0 Å². The van der Waals surface area contributed by atoms with Gasteiger partial charge in [0.25, 0.3) is 11.8 Å². The van der Waals surface area contributed by atoms with Crippen LogP contribution in [0.2, 0.25) is 0 Å². The minimum atomic E-state index is -0.948. The number of rotatable bonds is 3. The zero-order valence-electron chi connectivity index (χ0n) is 10.1. The van der Waals surface area contributed by atoms with Crippen LogP contribution in [0.15, 0.2) is 41.5 Å². The molecule has 6 nitrogen and oxygen atoms in total. The number of nitrogens with one attached hydrogen (secondary N) is 2. The van der Waals surface area contributed by atoms with E-state index in [1.165, 1.54) is 24.5 Å². The first-order valence-corrected chi connectivity index (χ1v) is 5.57. The van der Waals surface area contributed by atoms with Gasteiger partial charge >= 0.3 is 0 Å². The summed E-state index contributed by atoms with van der Waals surface area (Å²) in [4.78, 5) is 36.9. The molecular weight excluding hydrogens is 265 g/mol. The zero-order chi connectivity index (χ0) is 14.7. The molecule has 4 N–H and O–H groups in total. The number of amides is 2. The highest BCUT2D eigenvalue weighted by atomic mass is 19.1. The fourth-order valence-corrected chi connectivity index (χ4v) is 1.58. The highest BCUT2D eigenvalue weighted by Gasteiger charge is 2.13. The van der Waals surface area contributed by atoms with Crippen molar-refractivity contribution in [2.75, 3.05) is 5.32 Å². The van der Waals surface area contributed by atoms with Gasteiger partial charge < -0.3 is 16.0 Å². The highest BCUT2D eigenvalue weighted by molar-refractivity contribution is 6.04. The number of H-pyrrole nitrogens is 1. The monoisotopic (exact) mass is 275 g/mol. The van der Waals surface area contributed by atoms with Crippen molar-refractivity contribution in [3.8, 4) is 0 Å². The van der Waals surface area contributed by atoms with Crippen molar-refractivity contribution in [2.45, 2.75) is 0 Å². The molecule has 1 aromatic carbocycles. The molecule has 0 aliphatic heterocycles. The molecular formula is C13H10FN3O3. The summed E-state index contributed by atoms with van der Waals surface area (Å²) < 4.78 is 13.3. The molecule has 0 bridgehead atoms. The quantitative estimate of drug-likeness (QED) is 0.773. The Morgan fingerprint density at radius 3 is 2.60 bits per heavy atom. The topological polar surface area (TPSA) is 105 Å². The van der Waals surface area contributed by atoms with Gasteiger partial charge in [-0.3, -0.25) is 14.4 Å². The Bertz CT molecular complexity index is 740. The summed E-state index contributed by atoms with van der Waals surface area (Å²) in [5.41, 5.74) is 4.26. The second-order valence-corrected chi connectivity index (χ2v) is 3.94. The molecule has 1 heterocycles. The summed E-state index contributed by atoms with van der Waals surface area (Å²) in [6.45, 7) is 0. The molecule has 20 heavy (non-hydrogen) atoms. The molecule has 0 saturated heterocycles. The standard InChI is InChI=1S/C13H10FN3O3/c14-10-2-1-7(5-8(10)12(15)19)17-13(20)9-6-16-4-3-11(9)18/h1-6H,(H2,15,19)(H,16,18)(H,17,20). The summed E-state index contributed by atoms with van der Waals surface area (Å²) in [5, 5.41) is 2.39. The third kappa shape index (κ3) is 2.72. The van der Waals surface area contributed by atoms with Gasteiger partial charge in [-0.15, -0.1) is 0 Å². The lowest BCUT2D eigenvalue weighted by Gasteiger charge is -2.06. The van der Waals surface area contributed by atoms with Gasteiger partial charge in [0.2, 0.25) is 0 Å². The second-order valence-electron chi connectivity index (χ2n) is 3.94. The van der Waals surface area contributed by atoms with Gasteiger partial charge in [-0.2, -0.15) is 0 Å². The lowest BCUT2D eigenvalue weighted by Crippen LogP contribution is -2.21. The van der Waals surface area contributed by atoms with Gasteiger partial charge in [0, 0.05) is 24.1 Å². The maximum Gasteiger partial charge on any atom is 0.261 e. The van der Waals surface area contributed by atoms with Crippen LogP contribution in [0.4, 0.5) is 10.1 Å². The predicted octanol–water partition coefficient (Wildman–Crippen LogP) is 0.865. The second kappa shape index (κ2) is 5.35. The number of carbonyl (C=O) groups excluding carboxylic acids is 2. The molecule has 0 radical (unpaired) electrons. The van der Waals surface area contributed by atoms with E-state index >= 15 is 0 Å². The van der Waals surface area contributed by atoms with Crippen LogP contribution in [0.5, 0.6) is 0 Å². The van der Waals surface area contributed by atoms with Crippen molar-refractivity contribution in [2.24, 2.45) is 5.73 Å². The Labute approximate surface area is 112 Å². The first-order valence-electron chi connectivity index (χ1n) is 5.57. The van der Waals surface area contributed by atoms with E-state index in [0.29, 0.717) is 0 Å². The summed E-state index contributed by atoms with van der Waals surface area (Å²) >= 11 is 0. The fraction of sp³-hybridized carbons (Fsp3) is 0. The number of anilines is 1. The van der Waals surface area contributed by atoms with Gasteiger partial charge in [0.1, 0.15) is 11.4 Å². The molecule has 0 fully saturated rings. The molecule has 0 unspecified atom stereocenters. The number of aromatic amines is 1. The van der Waals surface area contributed by atoms with Crippen LogP contribution in [-0.2, 0) is 0 Å². The van der Waals surface area contributed by atoms with Crippen LogP contribution in [-0.4, -0.2) is 16.8 Å². The van der Waals surface area contributed by atoms with Crippen molar-refractivity contribution in [3.05, 3.63) is 63.8 Å². The molecule has 7 heteroatoms. The Morgan fingerprint density at radius 1 is 1.20 bits per heavy atom. The molecule has 102 valence electrons. The maximum absolute atomic E-state index is 13.3. The summed E-state index contributed by atoms with van der Waals surface area (Å²) in [6, 6.07) is 4.57. The van der Waals surface area contributed by atoms with Gasteiger partial charge in [-0.05, 0) is 18.2 Å². The molecule has 0 aliphatic carbocycles. The van der Waals surface area contributed by atoms with Crippen LogP contribution in [0.3, 0.4) is 0 Å². The van der Waals surface area contributed by atoms with E-state index in [2.05, 4.69) is 10.3 Å². The normalized spacial score (nSPS) is 10.1. The molecule has 2 amide bonds. The van der Waals surface area contributed by atoms with Gasteiger partial charge in [0.05, 0.1) is 5.56 Å². The fourth-order valence-electron chi connectivity index (χ4n) is 1.58. The first kappa shape index (κ1) is 13.5. The minimum Gasteiger partial charge on any atom is -0.367 e. The summed E-state index contributed by atoms with van der Waals surface area (Å²) in [5.74, 6) is -2.40. The van der Waals surface area contributed by atoms with E-state index in [9.17, 15) is 18.8 Å². The Balaban J connectivity index is 2.29. The van der Waals surface area contributed by atoms with Crippen molar-refractivity contribution >= 4 is 17.5 Å². The Hall–Kier alpha value is -2.96. The summed E-state index contributed by atoms with van der Waals surface area (Å²) in [7, 11) is 0. The Morgan fingerprint density at radius 2 is 1.95 bits per heavy atom. The number of pyridine rings is 1. The first-order chi connectivity index (χ1) is 9.49. The highest BCUT2D eigenvalue weighted by Crippen LogP contribution is 2.14. The van der Waals surface area contributed by atoms with Crippen LogP contribution in [0, 0.1) is 5.82 Å². The van der Waals surface area contributed by atoms with Gasteiger partial charge in [-0.25, -0.2) is 4.39 Å². The van der Waals surface area contributed by atoms with Gasteiger partial charge in [0.15, 0.2) is 5.43 Å². The van der Waals surface area contributed by atoms with Crippen molar-refractivity contribution in [1.29, 1.82) is 0 Å². The van der Waals surface area contributed by atoms with E-state index in [0.717, 1.165) is 12.1 Å². The summed E-state index contributed by atoms with van der Waals surface area (Å²) in [6.07, 6.45) is 2.64. The number of hydrogen-bond acceptors (Lipinski definition) is 3. The largest absolute Gasteiger partial charge is 0.367 e. The minimum absolute atomic E-state index is 0.0996. The van der Waals surface area contributed by atoms with E-state index < -0.39 is 23.1 Å². The molecule has 2 rings (SSSR count). The van der Waals surface area contributed by atoms with Crippen LogP contribution >= 0.6 is 0 Å². The van der Waals surface area contributed by atoms with E-state index in [-0.39, 0.29) is 16.8 Å². The molecule has 0 atom stereocenters. The molecule has 1 aromatic heterocycles. The number of nitrogens with two attached hydrogens (primary N) is 1. The van der Waals surface area contributed by atoms with E-state index in [1.54, 1.807) is 0 Å². The number of primary amides is 1. The SMILES string of the molecule is NC(=O)c1cc(NC(=O)c2c[nH]ccc2=O)ccc1F. The van der Waals surface area contributed by atoms with E-state index in [4.69, 9.17) is 5.73 Å². The number of carbonyl (C=O) groups is 2.